The number of benzene rings is 1. The van der Waals surface area contributed by atoms with Crippen LogP contribution in [0.4, 0.5) is 13.2 Å². The molecule has 1 atom stereocenters. The van der Waals surface area contributed by atoms with Gasteiger partial charge in [-0.05, 0) is 38.3 Å². The van der Waals surface area contributed by atoms with Gasteiger partial charge < -0.3 is 10.6 Å². The summed E-state index contributed by atoms with van der Waals surface area (Å²) in [5, 5.41) is 5.53. The van der Waals surface area contributed by atoms with Crippen LogP contribution in [0.1, 0.15) is 38.7 Å². The van der Waals surface area contributed by atoms with Crippen LogP contribution in [-0.2, 0) is 25.8 Å². The molecule has 3 N–H and O–H groups in total. The van der Waals surface area contributed by atoms with E-state index in [0.717, 1.165) is 18.6 Å². The molecule has 0 radical (unpaired) electrons. The number of nitrogens with zero attached hydrogens (tertiary/aromatic N) is 1. The molecule has 1 aromatic carbocycles. The van der Waals surface area contributed by atoms with Crippen LogP contribution < -0.4 is 15.4 Å². The van der Waals surface area contributed by atoms with Gasteiger partial charge in [0.25, 0.3) is 0 Å². The number of sulfonamides is 1. The molecule has 12 heteroatoms. The number of rotatable bonds is 9. The molecule has 1 aliphatic heterocycles. The molecule has 8 nitrogen and oxygen atoms in total. The highest BCUT2D eigenvalue weighted by Gasteiger charge is 2.37. The Morgan fingerprint density at radius 2 is 1.81 bits per heavy atom. The first-order chi connectivity index (χ1) is 14.9. The number of hydrogen-bond acceptors (Lipinski definition) is 5. The van der Waals surface area contributed by atoms with Crippen molar-refractivity contribution in [2.45, 2.75) is 56.3 Å². The number of hydrogen-bond donors (Lipinski definition) is 3. The van der Waals surface area contributed by atoms with Crippen molar-refractivity contribution in [1.82, 2.24) is 20.3 Å². The minimum atomic E-state index is -4.85. The van der Waals surface area contributed by atoms with Crippen LogP contribution in [0, 0.1) is 0 Å². The van der Waals surface area contributed by atoms with E-state index in [4.69, 9.17) is 0 Å². The lowest BCUT2D eigenvalue weighted by Gasteiger charge is -2.32. The van der Waals surface area contributed by atoms with Crippen LogP contribution in [-0.4, -0.2) is 63.4 Å². The second-order valence-corrected chi connectivity index (χ2v) is 9.43. The molecule has 32 heavy (non-hydrogen) atoms. The highest BCUT2D eigenvalue weighted by Crippen LogP contribution is 2.33. The maximum Gasteiger partial charge on any atom is 0.417 e. The monoisotopic (exact) mass is 478 g/mol. The summed E-state index contributed by atoms with van der Waals surface area (Å²) in [6.45, 7) is 5.30. The van der Waals surface area contributed by atoms with Crippen molar-refractivity contribution in [2.75, 3.05) is 26.2 Å². The van der Waals surface area contributed by atoms with E-state index in [1.54, 1.807) is 0 Å². The van der Waals surface area contributed by atoms with Crippen molar-refractivity contribution >= 4 is 21.8 Å². The third-order valence-corrected chi connectivity index (χ3v) is 6.68. The van der Waals surface area contributed by atoms with Crippen LogP contribution in [0.2, 0.25) is 0 Å². The summed E-state index contributed by atoms with van der Waals surface area (Å²) >= 11 is 0. The lowest BCUT2D eigenvalue weighted by atomic mass is 10.0. The van der Waals surface area contributed by atoms with Crippen LogP contribution in [0.5, 0.6) is 0 Å². The number of halogens is 3. The van der Waals surface area contributed by atoms with Gasteiger partial charge in [-0.2, -0.15) is 17.9 Å². The van der Waals surface area contributed by atoms with Gasteiger partial charge in [0.05, 0.1) is 23.0 Å². The number of carbonyl (C=O) groups excluding carboxylic acids is 2. The standard InChI is InChI=1S/C20H29F3N4O4S/c1-3-10-24-18(28)13-27-11-8-15(9-12-27)25-19(29)14(2)26-32(30,31)17-7-5-4-6-16(17)20(21,22)23/h4-7,14-15,26H,3,8-13H2,1-2H3,(H,24,28)(H,25,29)/t14-/m0/s1. The summed E-state index contributed by atoms with van der Waals surface area (Å²) in [4.78, 5) is 25.3. The molecule has 0 saturated carbocycles. The summed E-state index contributed by atoms with van der Waals surface area (Å²) in [5.41, 5.74) is -1.30. The highest BCUT2D eigenvalue weighted by molar-refractivity contribution is 7.89. The Morgan fingerprint density at radius 1 is 1.19 bits per heavy atom. The molecular weight excluding hydrogens is 449 g/mol. The summed E-state index contributed by atoms with van der Waals surface area (Å²) in [6, 6.07) is 2.33. The van der Waals surface area contributed by atoms with Gasteiger partial charge in [0.1, 0.15) is 0 Å². The largest absolute Gasteiger partial charge is 0.417 e. The number of likely N-dealkylation sites (tertiary alicyclic amines) is 1. The predicted molar refractivity (Wildman–Crippen MR) is 112 cm³/mol. The number of amides is 2. The Hall–Kier alpha value is -2.18. The fourth-order valence-electron chi connectivity index (χ4n) is 3.37. The van der Waals surface area contributed by atoms with E-state index in [9.17, 15) is 31.2 Å². The summed E-state index contributed by atoms with van der Waals surface area (Å²) < 4.78 is 66.5. The number of nitrogens with one attached hydrogen (secondary N) is 3. The number of carbonyl (C=O) groups is 2. The van der Waals surface area contributed by atoms with E-state index in [0.29, 0.717) is 38.5 Å². The zero-order valence-corrected chi connectivity index (χ0v) is 18.9. The molecule has 2 amide bonds. The van der Waals surface area contributed by atoms with E-state index in [1.807, 2.05) is 16.5 Å². The molecule has 0 spiro atoms. The maximum atomic E-state index is 13.2. The van der Waals surface area contributed by atoms with Gasteiger partial charge in [-0.3, -0.25) is 14.5 Å². The molecule has 1 aliphatic rings. The molecule has 1 fully saturated rings. The van der Waals surface area contributed by atoms with Crippen molar-refractivity contribution in [1.29, 1.82) is 0 Å². The van der Waals surface area contributed by atoms with Gasteiger partial charge >= 0.3 is 6.18 Å². The zero-order valence-electron chi connectivity index (χ0n) is 18.0. The fraction of sp³-hybridized carbons (Fsp3) is 0.600. The molecular formula is C20H29F3N4O4S. The summed E-state index contributed by atoms with van der Waals surface area (Å²) in [7, 11) is -4.57. The molecule has 0 unspecified atom stereocenters. The molecule has 1 heterocycles. The molecule has 2 rings (SSSR count). The first-order valence-electron chi connectivity index (χ1n) is 10.4. The molecule has 1 saturated heterocycles. The predicted octanol–water partition coefficient (Wildman–Crippen LogP) is 1.48. The Kier molecular flexibility index (Phi) is 9.05. The van der Waals surface area contributed by atoms with Crippen LogP contribution >= 0.6 is 0 Å². The van der Waals surface area contributed by atoms with Gasteiger partial charge in [0, 0.05) is 25.7 Å². The van der Waals surface area contributed by atoms with Gasteiger partial charge in [0.2, 0.25) is 21.8 Å². The second kappa shape index (κ2) is 11.1. The Labute approximate surface area is 186 Å². The normalized spacial score (nSPS) is 17.0. The van der Waals surface area contributed by atoms with Crippen molar-refractivity contribution in [3.63, 3.8) is 0 Å². The van der Waals surface area contributed by atoms with Crippen LogP contribution in [0.25, 0.3) is 0 Å². The SMILES string of the molecule is CCCNC(=O)CN1CCC(NC(=O)[C@H](C)NS(=O)(=O)c2ccccc2C(F)(F)F)CC1. The number of alkyl halides is 3. The second-order valence-electron chi connectivity index (χ2n) is 7.75. The maximum absolute atomic E-state index is 13.2. The quantitative estimate of drug-likeness (QED) is 0.498. The summed E-state index contributed by atoms with van der Waals surface area (Å²) in [5.74, 6) is -0.686. The lowest BCUT2D eigenvalue weighted by Crippen LogP contribution is -2.52. The van der Waals surface area contributed by atoms with E-state index < -0.39 is 38.6 Å². The van der Waals surface area contributed by atoms with Crippen LogP contribution in [0.3, 0.4) is 0 Å². The van der Waals surface area contributed by atoms with E-state index in [2.05, 4.69) is 10.6 Å². The third kappa shape index (κ3) is 7.45. The topological polar surface area (TPSA) is 108 Å². The molecule has 180 valence electrons. The Balaban J connectivity index is 1.90. The Bertz CT molecular complexity index is 900. The van der Waals surface area contributed by atoms with Gasteiger partial charge in [-0.25, -0.2) is 8.42 Å². The van der Waals surface area contributed by atoms with Crippen molar-refractivity contribution < 1.29 is 31.2 Å². The van der Waals surface area contributed by atoms with Gasteiger partial charge in [0.15, 0.2) is 0 Å². The molecule has 0 bridgehead atoms. The Morgan fingerprint density at radius 3 is 2.41 bits per heavy atom. The third-order valence-electron chi connectivity index (χ3n) is 5.08. The van der Waals surface area contributed by atoms with E-state index in [-0.39, 0.29) is 18.5 Å². The average Bonchev–Trinajstić information content (AvgIpc) is 2.72. The van der Waals surface area contributed by atoms with Crippen molar-refractivity contribution in [3.05, 3.63) is 29.8 Å². The molecule has 0 aromatic heterocycles. The number of piperidine rings is 1. The molecule has 1 aromatic rings. The van der Waals surface area contributed by atoms with Crippen molar-refractivity contribution in [2.24, 2.45) is 0 Å². The zero-order chi connectivity index (χ0) is 23.9. The van der Waals surface area contributed by atoms with Crippen molar-refractivity contribution in [3.8, 4) is 0 Å². The highest BCUT2D eigenvalue weighted by atomic mass is 32.2. The average molecular weight is 479 g/mol. The molecule has 0 aliphatic carbocycles. The van der Waals surface area contributed by atoms with Crippen LogP contribution in [0.15, 0.2) is 29.2 Å². The first kappa shape index (κ1) is 26.1. The minimum Gasteiger partial charge on any atom is -0.355 e. The van der Waals surface area contributed by atoms with E-state index >= 15 is 0 Å². The van der Waals surface area contributed by atoms with E-state index in [1.165, 1.54) is 13.0 Å². The lowest BCUT2D eigenvalue weighted by molar-refractivity contribution is -0.139. The minimum absolute atomic E-state index is 0.0588. The summed E-state index contributed by atoms with van der Waals surface area (Å²) in [6.07, 6.45) is -2.85. The van der Waals surface area contributed by atoms with Gasteiger partial charge in [-0.1, -0.05) is 19.1 Å². The fourth-order valence-corrected chi connectivity index (χ4v) is 4.80. The smallest absolute Gasteiger partial charge is 0.355 e. The first-order valence-corrected chi connectivity index (χ1v) is 11.9. The van der Waals surface area contributed by atoms with Gasteiger partial charge in [-0.15, -0.1) is 0 Å².